The van der Waals surface area contributed by atoms with E-state index in [1.54, 1.807) is 25.1 Å². The molecular weight excluding hydrogens is 419 g/mol. The lowest BCUT2D eigenvalue weighted by Gasteiger charge is -2.31. The standard InChI is InChI=1S/C27H35FN2O3/c1-18-14-19(2)20(3)25(15-18)33-17-26(31)30(16-22-10-8-9-13-24(22)28)21(4)27(32)29-23-11-6-5-7-12-23/h8-10,13-15,21,23H,5-7,11-12,16-17H2,1-4H3,(H,29,32)/t21-/m0/s1. The van der Waals surface area contributed by atoms with Crippen molar-refractivity contribution in [2.24, 2.45) is 0 Å². The minimum absolute atomic E-state index is 0.0000522. The third kappa shape index (κ3) is 6.56. The molecule has 6 heteroatoms. The van der Waals surface area contributed by atoms with Crippen molar-refractivity contribution in [3.05, 3.63) is 64.5 Å². The van der Waals surface area contributed by atoms with Gasteiger partial charge in [0, 0.05) is 18.2 Å². The van der Waals surface area contributed by atoms with Crippen LogP contribution in [-0.2, 0) is 16.1 Å². The molecule has 1 N–H and O–H groups in total. The first kappa shape index (κ1) is 24.7. The second kappa shape index (κ2) is 11.3. The van der Waals surface area contributed by atoms with E-state index in [4.69, 9.17) is 4.74 Å². The third-order valence-electron chi connectivity index (χ3n) is 6.53. The average molecular weight is 455 g/mol. The smallest absolute Gasteiger partial charge is 0.261 e. The second-order valence-electron chi connectivity index (χ2n) is 9.13. The molecule has 0 spiro atoms. The first-order valence-corrected chi connectivity index (χ1v) is 11.8. The molecule has 0 aliphatic heterocycles. The Labute approximate surface area is 196 Å². The summed E-state index contributed by atoms with van der Waals surface area (Å²) < 4.78 is 20.2. The summed E-state index contributed by atoms with van der Waals surface area (Å²) in [7, 11) is 0. The zero-order chi connectivity index (χ0) is 24.0. The van der Waals surface area contributed by atoms with Gasteiger partial charge >= 0.3 is 0 Å². The van der Waals surface area contributed by atoms with Crippen LogP contribution in [0.2, 0.25) is 0 Å². The van der Waals surface area contributed by atoms with Crippen LogP contribution >= 0.6 is 0 Å². The van der Waals surface area contributed by atoms with Crippen molar-refractivity contribution in [2.45, 2.75) is 78.4 Å². The molecule has 1 atom stereocenters. The fourth-order valence-electron chi connectivity index (χ4n) is 4.33. The molecule has 3 rings (SSSR count). The van der Waals surface area contributed by atoms with Crippen molar-refractivity contribution in [3.8, 4) is 5.75 Å². The molecule has 178 valence electrons. The number of benzene rings is 2. The predicted molar refractivity (Wildman–Crippen MR) is 128 cm³/mol. The van der Waals surface area contributed by atoms with Crippen molar-refractivity contribution in [1.82, 2.24) is 10.2 Å². The zero-order valence-corrected chi connectivity index (χ0v) is 20.1. The van der Waals surface area contributed by atoms with E-state index in [-0.39, 0.29) is 31.0 Å². The summed E-state index contributed by atoms with van der Waals surface area (Å²) in [5.74, 6) is -0.329. The zero-order valence-electron chi connectivity index (χ0n) is 20.1. The molecular formula is C27H35FN2O3. The lowest BCUT2D eigenvalue weighted by atomic mass is 9.95. The highest BCUT2D eigenvalue weighted by molar-refractivity contribution is 5.88. The van der Waals surface area contributed by atoms with E-state index in [0.29, 0.717) is 11.3 Å². The molecule has 1 aliphatic rings. The molecule has 2 amide bonds. The molecule has 2 aromatic carbocycles. The SMILES string of the molecule is Cc1cc(C)c(C)c(OCC(=O)N(Cc2ccccc2F)[C@@H](C)C(=O)NC2CCCCC2)c1. The first-order valence-electron chi connectivity index (χ1n) is 11.8. The lowest BCUT2D eigenvalue weighted by molar-refractivity contribution is -0.142. The highest BCUT2D eigenvalue weighted by atomic mass is 19.1. The van der Waals surface area contributed by atoms with Crippen LogP contribution in [0, 0.1) is 26.6 Å². The van der Waals surface area contributed by atoms with Crippen LogP contribution in [-0.4, -0.2) is 35.4 Å². The number of ether oxygens (including phenoxy) is 1. The number of carbonyl (C=O) groups excluding carboxylic acids is 2. The van der Waals surface area contributed by atoms with Crippen molar-refractivity contribution in [2.75, 3.05) is 6.61 Å². The van der Waals surface area contributed by atoms with Gasteiger partial charge in [0.15, 0.2) is 6.61 Å². The van der Waals surface area contributed by atoms with Crippen LogP contribution in [0.25, 0.3) is 0 Å². The number of hydrogen-bond donors (Lipinski definition) is 1. The maximum Gasteiger partial charge on any atom is 0.261 e. The van der Waals surface area contributed by atoms with Crippen LogP contribution in [0.15, 0.2) is 36.4 Å². The molecule has 0 radical (unpaired) electrons. The Morgan fingerprint density at radius 1 is 1.12 bits per heavy atom. The molecule has 2 aromatic rings. The molecule has 1 fully saturated rings. The van der Waals surface area contributed by atoms with Crippen molar-refractivity contribution >= 4 is 11.8 Å². The van der Waals surface area contributed by atoms with Gasteiger partial charge in [0.25, 0.3) is 5.91 Å². The normalized spacial score (nSPS) is 15.1. The average Bonchev–Trinajstić information content (AvgIpc) is 2.80. The molecule has 1 aliphatic carbocycles. The number of aryl methyl sites for hydroxylation is 2. The Bertz CT molecular complexity index is 985. The number of nitrogens with zero attached hydrogens (tertiary/aromatic N) is 1. The topological polar surface area (TPSA) is 58.6 Å². The Balaban J connectivity index is 1.76. The summed E-state index contributed by atoms with van der Waals surface area (Å²) in [5.41, 5.74) is 3.47. The predicted octanol–water partition coefficient (Wildman–Crippen LogP) is 5.00. The van der Waals surface area contributed by atoms with Gasteiger partial charge in [-0.25, -0.2) is 4.39 Å². The number of hydrogen-bond acceptors (Lipinski definition) is 3. The number of nitrogens with one attached hydrogen (secondary N) is 1. The van der Waals surface area contributed by atoms with E-state index >= 15 is 0 Å². The summed E-state index contributed by atoms with van der Waals surface area (Å²) in [6.45, 7) is 7.40. The van der Waals surface area contributed by atoms with Crippen LogP contribution < -0.4 is 10.1 Å². The number of carbonyl (C=O) groups is 2. The minimum Gasteiger partial charge on any atom is -0.483 e. The van der Waals surface area contributed by atoms with E-state index in [2.05, 4.69) is 11.4 Å². The fourth-order valence-corrected chi connectivity index (χ4v) is 4.33. The summed E-state index contributed by atoms with van der Waals surface area (Å²) >= 11 is 0. The Kier molecular flexibility index (Phi) is 8.48. The highest BCUT2D eigenvalue weighted by Crippen LogP contribution is 2.24. The summed E-state index contributed by atoms with van der Waals surface area (Å²) in [6.07, 6.45) is 5.29. The van der Waals surface area contributed by atoms with E-state index in [9.17, 15) is 14.0 Å². The molecule has 0 saturated heterocycles. The molecule has 1 saturated carbocycles. The molecule has 33 heavy (non-hydrogen) atoms. The van der Waals surface area contributed by atoms with Gasteiger partial charge in [-0.3, -0.25) is 9.59 Å². The van der Waals surface area contributed by atoms with Crippen molar-refractivity contribution < 1.29 is 18.7 Å². The molecule has 0 aromatic heterocycles. The monoisotopic (exact) mass is 454 g/mol. The molecule has 0 unspecified atom stereocenters. The summed E-state index contributed by atoms with van der Waals surface area (Å²) in [6, 6.07) is 9.68. The van der Waals surface area contributed by atoms with E-state index < -0.39 is 11.9 Å². The Morgan fingerprint density at radius 2 is 1.82 bits per heavy atom. The maximum absolute atomic E-state index is 14.4. The fraction of sp³-hybridized carbons (Fsp3) is 0.481. The van der Waals surface area contributed by atoms with Gasteiger partial charge in [0.2, 0.25) is 5.91 Å². The minimum atomic E-state index is -0.747. The van der Waals surface area contributed by atoms with Gasteiger partial charge in [-0.2, -0.15) is 0 Å². The van der Waals surface area contributed by atoms with Gasteiger partial charge in [0.05, 0.1) is 0 Å². The lowest BCUT2D eigenvalue weighted by Crippen LogP contribution is -2.51. The second-order valence-corrected chi connectivity index (χ2v) is 9.13. The maximum atomic E-state index is 14.4. The van der Waals surface area contributed by atoms with Crippen LogP contribution in [0.5, 0.6) is 5.75 Å². The molecule has 0 heterocycles. The highest BCUT2D eigenvalue weighted by Gasteiger charge is 2.29. The van der Waals surface area contributed by atoms with Crippen molar-refractivity contribution in [1.29, 1.82) is 0 Å². The Hall–Kier alpha value is -2.89. The Morgan fingerprint density at radius 3 is 2.52 bits per heavy atom. The largest absolute Gasteiger partial charge is 0.483 e. The van der Waals surface area contributed by atoms with Gasteiger partial charge < -0.3 is 15.0 Å². The van der Waals surface area contributed by atoms with E-state index in [0.717, 1.165) is 42.4 Å². The number of halogens is 1. The van der Waals surface area contributed by atoms with E-state index in [1.807, 2.05) is 26.8 Å². The van der Waals surface area contributed by atoms with Gasteiger partial charge in [-0.1, -0.05) is 43.5 Å². The quantitative estimate of drug-likeness (QED) is 0.611. The molecule has 0 bridgehead atoms. The van der Waals surface area contributed by atoms with Gasteiger partial charge in [-0.05, 0) is 69.4 Å². The summed E-state index contributed by atoms with van der Waals surface area (Å²) in [5, 5.41) is 3.08. The van der Waals surface area contributed by atoms with E-state index in [1.165, 1.54) is 17.4 Å². The summed E-state index contributed by atoms with van der Waals surface area (Å²) in [4.78, 5) is 27.7. The van der Waals surface area contributed by atoms with Gasteiger partial charge in [0.1, 0.15) is 17.6 Å². The number of amides is 2. The number of rotatable bonds is 8. The van der Waals surface area contributed by atoms with Crippen LogP contribution in [0.4, 0.5) is 4.39 Å². The van der Waals surface area contributed by atoms with Crippen molar-refractivity contribution in [3.63, 3.8) is 0 Å². The first-order chi connectivity index (χ1) is 15.8. The molecule has 5 nitrogen and oxygen atoms in total. The van der Waals surface area contributed by atoms with Crippen LogP contribution in [0.1, 0.15) is 61.3 Å². The third-order valence-corrected chi connectivity index (χ3v) is 6.53. The van der Waals surface area contributed by atoms with Gasteiger partial charge in [-0.15, -0.1) is 0 Å². The van der Waals surface area contributed by atoms with Crippen LogP contribution in [0.3, 0.4) is 0 Å².